The third-order valence-electron chi connectivity index (χ3n) is 1.35. The molecule has 0 radical (unpaired) electrons. The smallest absolute Gasteiger partial charge is 0.312 e. The highest BCUT2D eigenvalue weighted by Gasteiger charge is 2.06. The molecular weight excluding hydrogens is 174 g/mol. The van der Waals surface area contributed by atoms with E-state index in [4.69, 9.17) is 9.52 Å². The van der Waals surface area contributed by atoms with Gasteiger partial charge in [0.05, 0.1) is 12.8 Å². The highest BCUT2D eigenvalue weighted by molar-refractivity contribution is 5.93. The van der Waals surface area contributed by atoms with Gasteiger partial charge in [0, 0.05) is 0 Å². The van der Waals surface area contributed by atoms with Crippen LogP contribution in [-0.4, -0.2) is 17.0 Å². The quantitative estimate of drug-likeness (QED) is 0.661. The van der Waals surface area contributed by atoms with Gasteiger partial charge >= 0.3 is 5.97 Å². The number of nitrogens with one attached hydrogen (secondary N) is 1. The Labute approximate surface area is 74.4 Å². The normalized spacial score (nSPS) is 9.54. The molecule has 2 N–H and O–H groups in total. The minimum absolute atomic E-state index is 0.221. The molecule has 1 rings (SSSR count). The SMILES string of the molecule is O=C(O)CC(=O)NCc1ccco1. The molecule has 5 heteroatoms. The van der Waals surface area contributed by atoms with Crippen LogP contribution in [0.25, 0.3) is 0 Å². The maximum Gasteiger partial charge on any atom is 0.312 e. The largest absolute Gasteiger partial charge is 0.481 e. The van der Waals surface area contributed by atoms with Gasteiger partial charge in [0.1, 0.15) is 12.2 Å². The summed E-state index contributed by atoms with van der Waals surface area (Å²) in [4.78, 5) is 20.9. The molecule has 5 nitrogen and oxygen atoms in total. The molecule has 0 saturated heterocycles. The second kappa shape index (κ2) is 4.30. The zero-order chi connectivity index (χ0) is 9.68. The Morgan fingerprint density at radius 2 is 2.31 bits per heavy atom. The summed E-state index contributed by atoms with van der Waals surface area (Å²) < 4.78 is 4.93. The van der Waals surface area contributed by atoms with Crippen LogP contribution in [0, 0.1) is 0 Å². The van der Waals surface area contributed by atoms with Gasteiger partial charge in [-0.2, -0.15) is 0 Å². The summed E-state index contributed by atoms with van der Waals surface area (Å²) in [5.41, 5.74) is 0. The number of carbonyl (C=O) groups is 2. The van der Waals surface area contributed by atoms with Crippen molar-refractivity contribution in [1.82, 2.24) is 5.32 Å². The Kier molecular flexibility index (Phi) is 3.08. The molecule has 0 aromatic carbocycles. The summed E-state index contributed by atoms with van der Waals surface area (Å²) in [6.45, 7) is 0.221. The van der Waals surface area contributed by atoms with Gasteiger partial charge in [0.25, 0.3) is 0 Å². The molecular formula is C8H9NO4. The van der Waals surface area contributed by atoms with Crippen LogP contribution in [0.5, 0.6) is 0 Å². The lowest BCUT2D eigenvalue weighted by atomic mass is 10.4. The van der Waals surface area contributed by atoms with E-state index in [1.54, 1.807) is 12.1 Å². The fourth-order valence-corrected chi connectivity index (χ4v) is 0.799. The Balaban J connectivity index is 2.27. The van der Waals surface area contributed by atoms with Crippen LogP contribution in [0.15, 0.2) is 22.8 Å². The molecule has 13 heavy (non-hydrogen) atoms. The first kappa shape index (κ1) is 9.31. The van der Waals surface area contributed by atoms with E-state index in [1.165, 1.54) is 6.26 Å². The van der Waals surface area contributed by atoms with Crippen LogP contribution in [0.2, 0.25) is 0 Å². The first-order valence-electron chi connectivity index (χ1n) is 3.69. The molecule has 0 aliphatic carbocycles. The summed E-state index contributed by atoms with van der Waals surface area (Å²) in [5.74, 6) is -1.07. The lowest BCUT2D eigenvalue weighted by molar-refractivity contribution is -0.140. The average molecular weight is 183 g/mol. The molecule has 0 aliphatic heterocycles. The number of aliphatic carboxylic acids is 1. The summed E-state index contributed by atoms with van der Waals surface area (Å²) >= 11 is 0. The number of furan rings is 1. The van der Waals surface area contributed by atoms with Crippen molar-refractivity contribution in [2.45, 2.75) is 13.0 Å². The van der Waals surface area contributed by atoms with Gasteiger partial charge in [-0.25, -0.2) is 0 Å². The number of hydrogen-bond acceptors (Lipinski definition) is 3. The molecule has 1 heterocycles. The van der Waals surface area contributed by atoms with Gasteiger partial charge in [-0.15, -0.1) is 0 Å². The second-order valence-corrected chi connectivity index (χ2v) is 2.43. The lowest BCUT2D eigenvalue weighted by Crippen LogP contribution is -2.24. The van der Waals surface area contributed by atoms with Crippen LogP contribution >= 0.6 is 0 Å². The molecule has 1 aromatic heterocycles. The molecule has 0 fully saturated rings. The summed E-state index contributed by atoms with van der Waals surface area (Å²) in [7, 11) is 0. The molecule has 0 saturated carbocycles. The second-order valence-electron chi connectivity index (χ2n) is 2.43. The Morgan fingerprint density at radius 1 is 1.54 bits per heavy atom. The maximum absolute atomic E-state index is 10.8. The van der Waals surface area contributed by atoms with Gasteiger partial charge in [0.15, 0.2) is 0 Å². The number of carbonyl (C=O) groups excluding carboxylic acids is 1. The molecule has 0 spiro atoms. The van der Waals surface area contributed by atoms with E-state index in [-0.39, 0.29) is 6.54 Å². The fourth-order valence-electron chi connectivity index (χ4n) is 0.799. The number of carboxylic acid groups (broad SMARTS) is 1. The molecule has 1 amide bonds. The minimum Gasteiger partial charge on any atom is -0.481 e. The van der Waals surface area contributed by atoms with Crippen molar-refractivity contribution in [3.05, 3.63) is 24.2 Å². The topological polar surface area (TPSA) is 79.5 Å². The van der Waals surface area contributed by atoms with Crippen molar-refractivity contribution in [1.29, 1.82) is 0 Å². The van der Waals surface area contributed by atoms with Gasteiger partial charge in [-0.05, 0) is 12.1 Å². The van der Waals surface area contributed by atoms with E-state index >= 15 is 0 Å². The minimum atomic E-state index is -1.14. The van der Waals surface area contributed by atoms with Crippen molar-refractivity contribution < 1.29 is 19.1 Å². The van der Waals surface area contributed by atoms with Crippen molar-refractivity contribution in [3.8, 4) is 0 Å². The van der Waals surface area contributed by atoms with E-state index in [0.717, 1.165) is 0 Å². The Bertz CT molecular complexity index is 291. The highest BCUT2D eigenvalue weighted by atomic mass is 16.4. The lowest BCUT2D eigenvalue weighted by Gasteiger charge is -1.99. The summed E-state index contributed by atoms with van der Waals surface area (Å²) in [6, 6.07) is 3.39. The zero-order valence-corrected chi connectivity index (χ0v) is 6.82. The van der Waals surface area contributed by atoms with Crippen molar-refractivity contribution in [2.24, 2.45) is 0 Å². The number of amides is 1. The Hall–Kier alpha value is -1.78. The van der Waals surface area contributed by atoms with Gasteiger partial charge < -0.3 is 14.8 Å². The van der Waals surface area contributed by atoms with Crippen LogP contribution < -0.4 is 5.32 Å². The van der Waals surface area contributed by atoms with E-state index in [0.29, 0.717) is 5.76 Å². The Morgan fingerprint density at radius 3 is 2.85 bits per heavy atom. The molecule has 0 unspecified atom stereocenters. The van der Waals surface area contributed by atoms with E-state index in [1.807, 2.05) is 0 Å². The monoisotopic (exact) mass is 183 g/mol. The number of carboxylic acids is 1. The predicted molar refractivity (Wildman–Crippen MR) is 42.8 cm³/mol. The van der Waals surface area contributed by atoms with Crippen LogP contribution in [0.4, 0.5) is 0 Å². The third kappa shape index (κ3) is 3.42. The van der Waals surface area contributed by atoms with Gasteiger partial charge in [-0.3, -0.25) is 9.59 Å². The number of hydrogen-bond donors (Lipinski definition) is 2. The molecule has 0 atom stereocenters. The van der Waals surface area contributed by atoms with Crippen LogP contribution in [0.3, 0.4) is 0 Å². The third-order valence-corrected chi connectivity index (χ3v) is 1.35. The first-order chi connectivity index (χ1) is 6.18. The van der Waals surface area contributed by atoms with E-state index in [2.05, 4.69) is 5.32 Å². The van der Waals surface area contributed by atoms with Gasteiger partial charge in [-0.1, -0.05) is 0 Å². The fraction of sp³-hybridized carbons (Fsp3) is 0.250. The molecule has 0 aliphatic rings. The molecule has 0 bridgehead atoms. The standard InChI is InChI=1S/C8H9NO4/c10-7(4-8(11)12)9-5-6-2-1-3-13-6/h1-3H,4-5H2,(H,9,10)(H,11,12). The first-order valence-corrected chi connectivity index (χ1v) is 3.69. The summed E-state index contributed by atoms with van der Waals surface area (Å²) in [6.07, 6.45) is 0.972. The average Bonchev–Trinajstić information content (AvgIpc) is 2.51. The summed E-state index contributed by atoms with van der Waals surface area (Å²) in [5, 5.41) is 10.7. The molecule has 70 valence electrons. The van der Waals surface area contributed by atoms with Crippen molar-refractivity contribution in [3.63, 3.8) is 0 Å². The van der Waals surface area contributed by atoms with Crippen LogP contribution in [-0.2, 0) is 16.1 Å². The van der Waals surface area contributed by atoms with E-state index in [9.17, 15) is 9.59 Å². The zero-order valence-electron chi connectivity index (χ0n) is 6.82. The molecule has 1 aromatic rings. The number of rotatable bonds is 4. The van der Waals surface area contributed by atoms with Crippen molar-refractivity contribution in [2.75, 3.05) is 0 Å². The maximum atomic E-state index is 10.8. The predicted octanol–water partition coefficient (Wildman–Crippen LogP) is 0.370. The van der Waals surface area contributed by atoms with Crippen molar-refractivity contribution >= 4 is 11.9 Å². The van der Waals surface area contributed by atoms with E-state index < -0.39 is 18.3 Å². The highest BCUT2D eigenvalue weighted by Crippen LogP contribution is 1.98. The van der Waals surface area contributed by atoms with Crippen LogP contribution in [0.1, 0.15) is 12.2 Å². The van der Waals surface area contributed by atoms with Gasteiger partial charge in [0.2, 0.25) is 5.91 Å².